The molecule has 1 unspecified atom stereocenters. The summed E-state index contributed by atoms with van der Waals surface area (Å²) in [5.41, 5.74) is 2.04. The van der Waals surface area contributed by atoms with Crippen LogP contribution >= 0.6 is 11.3 Å². The molecule has 3 rings (SSSR count). The molecular formula is C18H21N3O4S2. The molecule has 9 heteroatoms. The maximum atomic E-state index is 12.8. The lowest BCUT2D eigenvalue weighted by atomic mass is 10.0. The third kappa shape index (κ3) is 3.67. The third-order valence-electron chi connectivity index (χ3n) is 4.31. The number of hydrogen-bond donors (Lipinski definition) is 2. The Kier molecular flexibility index (Phi) is 4.96. The standard InChI is InChI=1S/C18H21N3O4S2/c1-9-15(26-17(19-9)20-10(2)22)11-6-12-8-21(18(3,4)5)16(23)14(12)13(7-11)27(24)25/h6-7H,8H2,1-5H3,(H,24,25)(H,19,20,22). The lowest BCUT2D eigenvalue weighted by Crippen LogP contribution is -2.41. The van der Waals surface area contributed by atoms with Gasteiger partial charge in [-0.25, -0.2) is 9.19 Å². The van der Waals surface area contributed by atoms with Crippen LogP contribution in [0.1, 0.15) is 49.3 Å². The number of aryl methyl sites for hydroxylation is 1. The van der Waals surface area contributed by atoms with Crippen molar-refractivity contribution in [1.82, 2.24) is 9.88 Å². The Balaban J connectivity index is 2.13. The summed E-state index contributed by atoms with van der Waals surface area (Å²) in [5.74, 6) is -0.450. The van der Waals surface area contributed by atoms with Gasteiger partial charge in [-0.15, -0.1) is 0 Å². The first kappa shape index (κ1) is 19.7. The summed E-state index contributed by atoms with van der Waals surface area (Å²) >= 11 is -1.01. The van der Waals surface area contributed by atoms with Crippen molar-refractivity contribution in [3.63, 3.8) is 0 Å². The number of benzene rings is 1. The topological polar surface area (TPSA) is 99.6 Å². The van der Waals surface area contributed by atoms with Crippen molar-refractivity contribution >= 4 is 39.4 Å². The van der Waals surface area contributed by atoms with Gasteiger partial charge < -0.3 is 14.8 Å². The minimum absolute atomic E-state index is 0.105. The Hall–Kier alpha value is -2.10. The molecule has 0 aliphatic carbocycles. The van der Waals surface area contributed by atoms with Crippen LogP contribution in [0.3, 0.4) is 0 Å². The average Bonchev–Trinajstić information content (AvgIpc) is 3.05. The first-order chi connectivity index (χ1) is 12.5. The number of nitrogens with zero attached hydrogens (tertiary/aromatic N) is 2. The fraction of sp³-hybridized carbons (Fsp3) is 0.389. The molecule has 0 bridgehead atoms. The predicted molar refractivity (Wildman–Crippen MR) is 105 cm³/mol. The van der Waals surface area contributed by atoms with Crippen LogP contribution in [0.5, 0.6) is 0 Å². The molecule has 1 aliphatic heterocycles. The van der Waals surface area contributed by atoms with Crippen LogP contribution in [0.2, 0.25) is 0 Å². The Morgan fingerprint density at radius 3 is 2.59 bits per heavy atom. The molecule has 27 heavy (non-hydrogen) atoms. The molecule has 1 aromatic carbocycles. The van der Waals surface area contributed by atoms with Gasteiger partial charge in [0, 0.05) is 19.0 Å². The molecule has 2 amide bonds. The van der Waals surface area contributed by atoms with Crippen LogP contribution in [0, 0.1) is 6.92 Å². The van der Waals surface area contributed by atoms with Gasteiger partial charge in [0.25, 0.3) is 5.91 Å². The molecule has 0 saturated carbocycles. The summed E-state index contributed by atoms with van der Waals surface area (Å²) in [6.45, 7) is 9.39. The second kappa shape index (κ2) is 6.81. The largest absolute Gasteiger partial charge is 0.329 e. The van der Waals surface area contributed by atoms with Gasteiger partial charge in [-0.3, -0.25) is 9.59 Å². The Bertz CT molecular complexity index is 976. The fourth-order valence-corrected chi connectivity index (χ4v) is 4.72. The van der Waals surface area contributed by atoms with Crippen LogP contribution in [0.4, 0.5) is 5.13 Å². The van der Waals surface area contributed by atoms with Gasteiger partial charge in [0.15, 0.2) is 16.2 Å². The molecular weight excluding hydrogens is 386 g/mol. The molecule has 2 aromatic rings. The van der Waals surface area contributed by atoms with Gasteiger partial charge in [-0.05, 0) is 51.0 Å². The van der Waals surface area contributed by atoms with E-state index in [0.29, 0.717) is 28.5 Å². The van der Waals surface area contributed by atoms with Crippen molar-refractivity contribution in [1.29, 1.82) is 0 Å². The summed E-state index contributed by atoms with van der Waals surface area (Å²) in [7, 11) is 0. The van der Waals surface area contributed by atoms with E-state index in [0.717, 1.165) is 10.4 Å². The van der Waals surface area contributed by atoms with Gasteiger partial charge >= 0.3 is 0 Å². The number of aromatic nitrogens is 1. The number of nitrogens with one attached hydrogen (secondary N) is 1. The van der Waals surface area contributed by atoms with E-state index in [1.165, 1.54) is 18.3 Å². The SMILES string of the molecule is CC(=O)Nc1nc(C)c(-c2cc3c(c(S(=O)O)c2)C(=O)N(C(C)(C)C)C3)s1. The normalized spacial score (nSPS) is 15.0. The van der Waals surface area contributed by atoms with Crippen LogP contribution in [0.25, 0.3) is 10.4 Å². The summed E-state index contributed by atoms with van der Waals surface area (Å²) in [6.07, 6.45) is 0. The van der Waals surface area contributed by atoms with Gasteiger partial charge in [0.2, 0.25) is 5.91 Å². The van der Waals surface area contributed by atoms with Crippen LogP contribution < -0.4 is 5.32 Å². The number of carbonyl (C=O) groups excluding carboxylic acids is 2. The van der Waals surface area contributed by atoms with Crippen LogP contribution in [-0.4, -0.2) is 36.0 Å². The Labute approximate surface area is 164 Å². The molecule has 1 aromatic heterocycles. The van der Waals surface area contributed by atoms with Crippen molar-refractivity contribution in [2.45, 2.75) is 51.6 Å². The number of rotatable bonds is 3. The Morgan fingerprint density at radius 1 is 1.37 bits per heavy atom. The highest BCUT2D eigenvalue weighted by molar-refractivity contribution is 7.79. The summed E-state index contributed by atoms with van der Waals surface area (Å²) < 4.78 is 21.7. The molecule has 1 aliphatic rings. The van der Waals surface area contributed by atoms with Crippen molar-refractivity contribution in [2.24, 2.45) is 0 Å². The van der Waals surface area contributed by atoms with E-state index in [2.05, 4.69) is 10.3 Å². The second-order valence-electron chi connectivity index (χ2n) is 7.43. The van der Waals surface area contributed by atoms with Crippen molar-refractivity contribution < 1.29 is 18.4 Å². The number of anilines is 1. The maximum Gasteiger partial charge on any atom is 0.256 e. The zero-order chi connectivity index (χ0) is 20.1. The molecule has 2 heterocycles. The number of hydrogen-bond acceptors (Lipinski definition) is 5. The molecule has 2 N–H and O–H groups in total. The van der Waals surface area contributed by atoms with E-state index in [-0.39, 0.29) is 16.7 Å². The molecule has 7 nitrogen and oxygen atoms in total. The maximum absolute atomic E-state index is 12.8. The van der Waals surface area contributed by atoms with E-state index in [4.69, 9.17) is 0 Å². The van der Waals surface area contributed by atoms with Crippen LogP contribution in [-0.2, 0) is 22.4 Å². The summed E-state index contributed by atoms with van der Waals surface area (Å²) in [4.78, 5) is 31.0. The number of fused-ring (bicyclic) bond motifs is 1. The first-order valence-electron chi connectivity index (χ1n) is 8.34. The molecule has 144 valence electrons. The molecule has 1 atom stereocenters. The van der Waals surface area contributed by atoms with Gasteiger partial charge in [0.05, 0.1) is 21.0 Å². The van der Waals surface area contributed by atoms with E-state index in [1.807, 2.05) is 33.8 Å². The Morgan fingerprint density at radius 2 is 2.04 bits per heavy atom. The lowest BCUT2D eigenvalue weighted by molar-refractivity contribution is -0.114. The van der Waals surface area contributed by atoms with E-state index >= 15 is 0 Å². The zero-order valence-electron chi connectivity index (χ0n) is 15.7. The predicted octanol–water partition coefficient (Wildman–Crippen LogP) is 3.41. The smallest absolute Gasteiger partial charge is 0.256 e. The highest BCUT2D eigenvalue weighted by Crippen LogP contribution is 2.39. The quantitative estimate of drug-likeness (QED) is 0.760. The second-order valence-corrected chi connectivity index (χ2v) is 9.37. The monoisotopic (exact) mass is 407 g/mol. The molecule has 0 saturated heterocycles. The zero-order valence-corrected chi connectivity index (χ0v) is 17.4. The van der Waals surface area contributed by atoms with Gasteiger partial charge in [-0.1, -0.05) is 11.3 Å². The highest BCUT2D eigenvalue weighted by Gasteiger charge is 2.38. The van der Waals surface area contributed by atoms with E-state index in [9.17, 15) is 18.4 Å². The number of thiazole rings is 1. The summed E-state index contributed by atoms with van der Waals surface area (Å²) in [6, 6.07) is 3.43. The van der Waals surface area contributed by atoms with Gasteiger partial charge in [0.1, 0.15) is 0 Å². The van der Waals surface area contributed by atoms with Crippen molar-refractivity contribution in [3.8, 4) is 10.4 Å². The van der Waals surface area contributed by atoms with Crippen LogP contribution in [0.15, 0.2) is 17.0 Å². The fourth-order valence-electron chi connectivity index (χ4n) is 3.10. The molecule has 0 radical (unpaired) electrons. The third-order valence-corrected chi connectivity index (χ3v) is 6.13. The van der Waals surface area contributed by atoms with E-state index in [1.54, 1.807) is 11.0 Å². The minimum Gasteiger partial charge on any atom is -0.329 e. The lowest BCUT2D eigenvalue weighted by Gasteiger charge is -2.31. The minimum atomic E-state index is -2.30. The van der Waals surface area contributed by atoms with Gasteiger partial charge in [-0.2, -0.15) is 0 Å². The van der Waals surface area contributed by atoms with E-state index < -0.39 is 16.6 Å². The highest BCUT2D eigenvalue weighted by atomic mass is 32.2. The van der Waals surface area contributed by atoms with Crippen molar-refractivity contribution in [3.05, 3.63) is 29.0 Å². The molecule has 0 fully saturated rings. The van der Waals surface area contributed by atoms with Crippen molar-refractivity contribution in [2.75, 3.05) is 5.32 Å². The number of carbonyl (C=O) groups is 2. The average molecular weight is 408 g/mol. The first-order valence-corrected chi connectivity index (χ1v) is 10.3. The summed E-state index contributed by atoms with van der Waals surface area (Å²) in [5, 5.41) is 3.12. The number of amides is 2. The molecule has 0 spiro atoms.